The average Bonchev–Trinajstić information content (AvgIpc) is 2.50. The van der Waals surface area contributed by atoms with Crippen LogP contribution in [-0.4, -0.2) is 35.7 Å². The van der Waals surface area contributed by atoms with Gasteiger partial charge >= 0.3 is 0 Å². The van der Waals surface area contributed by atoms with Gasteiger partial charge in [0.2, 0.25) is 0 Å². The summed E-state index contributed by atoms with van der Waals surface area (Å²) in [5.41, 5.74) is 0. The second kappa shape index (κ2) is 5.55. The fourth-order valence-electron chi connectivity index (χ4n) is 2.13. The van der Waals surface area contributed by atoms with Crippen molar-refractivity contribution in [3.63, 3.8) is 0 Å². The second-order valence-electron chi connectivity index (χ2n) is 3.70. The van der Waals surface area contributed by atoms with Gasteiger partial charge in [0.1, 0.15) is 0 Å². The molecule has 2 nitrogen and oxygen atoms in total. The largest absolute Gasteiger partial charge is 0.396 e. The molecule has 1 aliphatic rings. The van der Waals surface area contributed by atoms with E-state index in [1.807, 2.05) is 0 Å². The van der Waals surface area contributed by atoms with E-state index in [-0.39, 0.29) is 0 Å². The van der Waals surface area contributed by atoms with Gasteiger partial charge in [0.15, 0.2) is 0 Å². The monoisotopic (exact) mass is 171 g/mol. The minimum Gasteiger partial charge on any atom is -0.396 e. The molecule has 0 aromatic carbocycles. The first-order chi connectivity index (χ1) is 5.88. The van der Waals surface area contributed by atoms with Crippen molar-refractivity contribution in [2.24, 2.45) is 0 Å². The van der Waals surface area contributed by atoms with Crippen LogP contribution in [0.2, 0.25) is 0 Å². The number of rotatable bonds is 5. The summed E-state index contributed by atoms with van der Waals surface area (Å²) in [7, 11) is 0. The predicted molar refractivity (Wildman–Crippen MR) is 51.2 cm³/mol. The Labute approximate surface area is 75.6 Å². The molecule has 0 aliphatic carbocycles. The Hall–Kier alpha value is -0.0800. The Kier molecular flexibility index (Phi) is 4.62. The van der Waals surface area contributed by atoms with E-state index >= 15 is 0 Å². The fourth-order valence-corrected chi connectivity index (χ4v) is 2.13. The maximum absolute atomic E-state index is 8.72. The van der Waals surface area contributed by atoms with Crippen LogP contribution in [0.4, 0.5) is 0 Å². The van der Waals surface area contributed by atoms with Crippen molar-refractivity contribution in [1.82, 2.24) is 4.90 Å². The van der Waals surface area contributed by atoms with Gasteiger partial charge in [0.25, 0.3) is 0 Å². The van der Waals surface area contributed by atoms with Crippen LogP contribution in [0, 0.1) is 0 Å². The molecule has 0 spiro atoms. The SMILES string of the molecule is CCCN1CCCC1CCCO. The summed E-state index contributed by atoms with van der Waals surface area (Å²) < 4.78 is 0. The normalized spacial score (nSPS) is 25.0. The topological polar surface area (TPSA) is 23.5 Å². The van der Waals surface area contributed by atoms with Gasteiger partial charge < -0.3 is 10.0 Å². The van der Waals surface area contributed by atoms with Crippen LogP contribution >= 0.6 is 0 Å². The number of hydrogen-bond donors (Lipinski definition) is 1. The van der Waals surface area contributed by atoms with E-state index in [1.54, 1.807) is 0 Å². The third kappa shape index (κ3) is 2.76. The number of likely N-dealkylation sites (tertiary alicyclic amines) is 1. The molecule has 1 unspecified atom stereocenters. The maximum atomic E-state index is 8.72. The Morgan fingerprint density at radius 1 is 1.50 bits per heavy atom. The molecule has 72 valence electrons. The van der Waals surface area contributed by atoms with E-state index in [1.165, 1.54) is 38.8 Å². The molecule has 12 heavy (non-hydrogen) atoms. The second-order valence-corrected chi connectivity index (χ2v) is 3.70. The van der Waals surface area contributed by atoms with E-state index in [9.17, 15) is 0 Å². The molecule has 0 bridgehead atoms. The lowest BCUT2D eigenvalue weighted by molar-refractivity contribution is 0.216. The first-order valence-electron chi connectivity index (χ1n) is 5.23. The number of aliphatic hydroxyl groups is 1. The zero-order valence-electron chi connectivity index (χ0n) is 8.13. The molecule has 1 atom stereocenters. The molecule has 1 saturated heterocycles. The van der Waals surface area contributed by atoms with Crippen molar-refractivity contribution in [3.05, 3.63) is 0 Å². The van der Waals surface area contributed by atoms with E-state index in [4.69, 9.17) is 5.11 Å². The molecule has 0 radical (unpaired) electrons. The Balaban J connectivity index is 2.20. The molecule has 1 rings (SSSR count). The third-order valence-corrected chi connectivity index (χ3v) is 2.71. The molecular formula is C10H21NO. The van der Waals surface area contributed by atoms with Crippen LogP contribution in [0.15, 0.2) is 0 Å². The molecule has 0 saturated carbocycles. The lowest BCUT2D eigenvalue weighted by Crippen LogP contribution is -2.30. The van der Waals surface area contributed by atoms with Crippen molar-refractivity contribution in [1.29, 1.82) is 0 Å². The number of nitrogens with zero attached hydrogens (tertiary/aromatic N) is 1. The van der Waals surface area contributed by atoms with Crippen molar-refractivity contribution in [2.75, 3.05) is 19.7 Å². The van der Waals surface area contributed by atoms with E-state index in [0.717, 1.165) is 12.5 Å². The summed E-state index contributed by atoms with van der Waals surface area (Å²) in [6.45, 7) is 5.12. The third-order valence-electron chi connectivity index (χ3n) is 2.71. The maximum Gasteiger partial charge on any atom is 0.0431 e. The van der Waals surface area contributed by atoms with Crippen LogP contribution in [0.3, 0.4) is 0 Å². The summed E-state index contributed by atoms with van der Waals surface area (Å²) in [5.74, 6) is 0. The van der Waals surface area contributed by atoms with Crippen LogP contribution in [0.25, 0.3) is 0 Å². The van der Waals surface area contributed by atoms with Gasteiger partial charge in [-0.05, 0) is 45.2 Å². The van der Waals surface area contributed by atoms with E-state index in [0.29, 0.717) is 6.61 Å². The highest BCUT2D eigenvalue weighted by Gasteiger charge is 2.22. The van der Waals surface area contributed by atoms with Crippen LogP contribution < -0.4 is 0 Å². The summed E-state index contributed by atoms with van der Waals surface area (Å²) in [5, 5.41) is 8.72. The van der Waals surface area contributed by atoms with Crippen LogP contribution in [-0.2, 0) is 0 Å². The molecule has 1 fully saturated rings. The highest BCUT2D eigenvalue weighted by Crippen LogP contribution is 2.20. The zero-order chi connectivity index (χ0) is 8.81. The minimum absolute atomic E-state index is 0.358. The molecular weight excluding hydrogens is 150 g/mol. The highest BCUT2D eigenvalue weighted by atomic mass is 16.2. The molecule has 1 heterocycles. The summed E-state index contributed by atoms with van der Waals surface area (Å²) >= 11 is 0. The first kappa shape index (κ1) is 10.0. The first-order valence-corrected chi connectivity index (χ1v) is 5.23. The quantitative estimate of drug-likeness (QED) is 0.679. The lowest BCUT2D eigenvalue weighted by atomic mass is 10.1. The molecule has 2 heteroatoms. The van der Waals surface area contributed by atoms with Gasteiger partial charge in [-0.15, -0.1) is 0 Å². The van der Waals surface area contributed by atoms with Gasteiger partial charge in [0, 0.05) is 12.6 Å². The fraction of sp³-hybridized carbons (Fsp3) is 1.00. The van der Waals surface area contributed by atoms with Gasteiger partial charge in [-0.25, -0.2) is 0 Å². The van der Waals surface area contributed by atoms with Gasteiger partial charge in [0.05, 0.1) is 0 Å². The summed E-state index contributed by atoms with van der Waals surface area (Å²) in [4.78, 5) is 2.58. The summed E-state index contributed by atoms with van der Waals surface area (Å²) in [6.07, 6.45) is 6.13. The van der Waals surface area contributed by atoms with Crippen molar-refractivity contribution in [2.45, 2.75) is 45.1 Å². The summed E-state index contributed by atoms with van der Waals surface area (Å²) in [6, 6.07) is 0.775. The Morgan fingerprint density at radius 2 is 2.33 bits per heavy atom. The Bertz CT molecular complexity index is 116. The lowest BCUT2D eigenvalue weighted by Gasteiger charge is -2.23. The van der Waals surface area contributed by atoms with E-state index < -0.39 is 0 Å². The number of hydrogen-bond acceptors (Lipinski definition) is 2. The minimum atomic E-state index is 0.358. The van der Waals surface area contributed by atoms with Crippen LogP contribution in [0.5, 0.6) is 0 Å². The van der Waals surface area contributed by atoms with Crippen molar-refractivity contribution < 1.29 is 5.11 Å². The molecule has 1 aliphatic heterocycles. The smallest absolute Gasteiger partial charge is 0.0431 e. The van der Waals surface area contributed by atoms with Crippen LogP contribution in [0.1, 0.15) is 39.0 Å². The predicted octanol–water partition coefficient (Wildman–Crippen LogP) is 1.63. The molecule has 0 aromatic heterocycles. The van der Waals surface area contributed by atoms with E-state index in [2.05, 4.69) is 11.8 Å². The molecule has 0 amide bonds. The van der Waals surface area contributed by atoms with Gasteiger partial charge in [-0.1, -0.05) is 6.92 Å². The zero-order valence-corrected chi connectivity index (χ0v) is 8.13. The average molecular weight is 171 g/mol. The van der Waals surface area contributed by atoms with Crippen molar-refractivity contribution in [3.8, 4) is 0 Å². The van der Waals surface area contributed by atoms with Gasteiger partial charge in [-0.3, -0.25) is 0 Å². The molecule has 1 N–H and O–H groups in total. The standard InChI is InChI=1S/C10H21NO/c1-2-7-11-8-3-5-10(11)6-4-9-12/h10,12H,2-9H2,1H3. The molecule has 0 aromatic rings. The Morgan fingerprint density at radius 3 is 3.00 bits per heavy atom. The number of aliphatic hydroxyl groups excluding tert-OH is 1. The van der Waals surface area contributed by atoms with Gasteiger partial charge in [-0.2, -0.15) is 0 Å². The van der Waals surface area contributed by atoms with Crippen molar-refractivity contribution >= 4 is 0 Å². The highest BCUT2D eigenvalue weighted by molar-refractivity contribution is 4.78.